The van der Waals surface area contributed by atoms with E-state index in [1.54, 1.807) is 0 Å². The molecule has 0 aliphatic carbocycles. The van der Waals surface area contributed by atoms with Gasteiger partial charge in [0.25, 0.3) is 10.1 Å². The summed E-state index contributed by atoms with van der Waals surface area (Å²) < 4.78 is 34.8. The molecule has 0 spiro atoms. The Morgan fingerprint density at radius 1 is 1.08 bits per heavy atom. The highest BCUT2D eigenvalue weighted by atomic mass is 32.2. The first kappa shape index (κ1) is 24.3. The maximum absolute atomic E-state index is 12.3. The Hall–Kier alpha value is -0.663. The normalized spacial score (nSPS) is 14.8. The predicted octanol–water partition coefficient (Wildman–Crippen LogP) is 5.05. The van der Waals surface area contributed by atoms with E-state index in [2.05, 4.69) is 55.0 Å². The summed E-state index contributed by atoms with van der Waals surface area (Å²) in [5.74, 6) is -1.02. The average molecular weight is 393 g/mol. The van der Waals surface area contributed by atoms with E-state index in [-0.39, 0.29) is 21.7 Å². The summed E-state index contributed by atoms with van der Waals surface area (Å²) in [7, 11) is -6.68. The summed E-state index contributed by atoms with van der Waals surface area (Å²) in [6.07, 6.45) is 1.82. The summed E-state index contributed by atoms with van der Waals surface area (Å²) in [5, 5.41) is 8.68. The van der Waals surface area contributed by atoms with Crippen molar-refractivity contribution in [3.63, 3.8) is 0 Å². The van der Waals surface area contributed by atoms with Crippen LogP contribution in [-0.4, -0.2) is 37.0 Å². The van der Waals surface area contributed by atoms with Crippen molar-refractivity contribution in [3.05, 3.63) is 12.2 Å². The quantitative estimate of drug-likeness (QED) is 0.235. The van der Waals surface area contributed by atoms with Crippen LogP contribution >= 0.6 is 0 Å². The summed E-state index contributed by atoms with van der Waals surface area (Å²) in [6.45, 7) is 18.1. The van der Waals surface area contributed by atoms with Crippen molar-refractivity contribution in [1.29, 1.82) is 0 Å². The van der Waals surface area contributed by atoms with Crippen molar-refractivity contribution in [2.45, 2.75) is 95.1 Å². The SMILES string of the molecule is C=C(CCCCC([Si](C(C)C)(C(C)C)C(C)(C)C)S(=O)(=O)O)C(=O)O. The van der Waals surface area contributed by atoms with Crippen LogP contribution in [0, 0.1) is 0 Å². The summed E-state index contributed by atoms with van der Waals surface area (Å²) >= 11 is 0. The smallest absolute Gasteiger partial charge is 0.330 e. The van der Waals surface area contributed by atoms with Crippen LogP contribution in [0.2, 0.25) is 16.1 Å². The van der Waals surface area contributed by atoms with Crippen molar-refractivity contribution in [2.24, 2.45) is 0 Å². The second kappa shape index (κ2) is 8.82. The molecule has 0 heterocycles. The first-order valence-electron chi connectivity index (χ1n) is 8.97. The zero-order valence-corrected chi connectivity index (χ0v) is 18.6. The third-order valence-electron chi connectivity index (χ3n) is 5.60. The van der Waals surface area contributed by atoms with Crippen molar-refractivity contribution in [1.82, 2.24) is 0 Å². The molecule has 0 saturated heterocycles. The number of carboxylic acid groups (broad SMARTS) is 1. The van der Waals surface area contributed by atoms with Gasteiger partial charge in [0, 0.05) is 5.57 Å². The molecular formula is C18H36O5SSi. The number of carbonyl (C=O) groups is 1. The monoisotopic (exact) mass is 392 g/mol. The molecule has 0 amide bonds. The molecular weight excluding hydrogens is 356 g/mol. The summed E-state index contributed by atoms with van der Waals surface area (Å²) in [5.41, 5.74) is 0.511. The number of rotatable bonds is 10. The van der Waals surface area contributed by atoms with Crippen LogP contribution in [0.3, 0.4) is 0 Å². The molecule has 5 nitrogen and oxygen atoms in total. The first-order chi connectivity index (χ1) is 11.1. The minimum atomic E-state index is -4.19. The lowest BCUT2D eigenvalue weighted by Gasteiger charge is -2.53. The molecule has 148 valence electrons. The zero-order valence-electron chi connectivity index (χ0n) is 16.8. The molecule has 0 aromatic rings. The molecule has 0 aromatic carbocycles. The molecule has 1 atom stereocenters. The van der Waals surface area contributed by atoms with Crippen LogP contribution in [0.5, 0.6) is 0 Å². The van der Waals surface area contributed by atoms with Gasteiger partial charge in [-0.2, -0.15) is 8.42 Å². The molecule has 1 unspecified atom stereocenters. The Bertz CT molecular complexity index is 565. The topological polar surface area (TPSA) is 91.7 Å². The number of unbranched alkanes of at least 4 members (excludes halogenated alkanes) is 1. The Morgan fingerprint density at radius 2 is 1.52 bits per heavy atom. The molecule has 25 heavy (non-hydrogen) atoms. The Morgan fingerprint density at radius 3 is 1.80 bits per heavy atom. The average Bonchev–Trinajstić information content (AvgIpc) is 2.37. The highest BCUT2D eigenvalue weighted by Gasteiger charge is 2.58. The Kier molecular flexibility index (Phi) is 8.58. The molecule has 0 fully saturated rings. The van der Waals surface area contributed by atoms with E-state index in [1.165, 1.54) is 0 Å². The van der Waals surface area contributed by atoms with Gasteiger partial charge in [-0.25, -0.2) is 4.79 Å². The predicted molar refractivity (Wildman–Crippen MR) is 106 cm³/mol. The lowest BCUT2D eigenvalue weighted by Crippen LogP contribution is -2.61. The molecule has 0 bridgehead atoms. The van der Waals surface area contributed by atoms with Gasteiger partial charge in [-0.05, 0) is 35.4 Å². The maximum atomic E-state index is 12.3. The molecule has 0 aliphatic heterocycles. The van der Waals surface area contributed by atoms with Crippen molar-refractivity contribution in [3.8, 4) is 0 Å². The van der Waals surface area contributed by atoms with Gasteiger partial charge in [-0.1, -0.05) is 61.5 Å². The van der Waals surface area contributed by atoms with Gasteiger partial charge in [0.05, 0.1) is 12.9 Å². The van der Waals surface area contributed by atoms with E-state index in [0.717, 1.165) is 0 Å². The molecule has 0 radical (unpaired) electrons. The third kappa shape index (κ3) is 5.66. The van der Waals surface area contributed by atoms with E-state index in [4.69, 9.17) is 5.11 Å². The van der Waals surface area contributed by atoms with Gasteiger partial charge in [0.2, 0.25) is 0 Å². The van der Waals surface area contributed by atoms with E-state index in [9.17, 15) is 17.8 Å². The zero-order chi connectivity index (χ0) is 20.2. The van der Waals surface area contributed by atoms with Crippen LogP contribution in [0.4, 0.5) is 0 Å². The minimum Gasteiger partial charge on any atom is -0.478 e. The molecule has 0 aliphatic rings. The number of carboxylic acids is 1. The van der Waals surface area contributed by atoms with E-state index in [0.29, 0.717) is 25.7 Å². The number of hydrogen-bond donors (Lipinski definition) is 2. The fourth-order valence-corrected chi connectivity index (χ4v) is 18.1. The van der Waals surface area contributed by atoms with Crippen molar-refractivity contribution < 1.29 is 22.9 Å². The number of aliphatic carboxylic acids is 1. The van der Waals surface area contributed by atoms with Gasteiger partial charge in [0.1, 0.15) is 0 Å². The van der Waals surface area contributed by atoms with Crippen LogP contribution in [-0.2, 0) is 14.9 Å². The number of hydrogen-bond acceptors (Lipinski definition) is 3. The Labute approximate surface area is 154 Å². The van der Waals surface area contributed by atoms with Crippen LogP contribution < -0.4 is 0 Å². The molecule has 0 saturated carbocycles. The highest BCUT2D eigenvalue weighted by molar-refractivity contribution is 7.88. The van der Waals surface area contributed by atoms with E-state index < -0.39 is 29.0 Å². The van der Waals surface area contributed by atoms with Gasteiger partial charge < -0.3 is 5.11 Å². The Balaban J connectivity index is 5.69. The standard InChI is InChI=1S/C18H36O5SSi/c1-13(2)25(14(3)4,18(6,7)8)16(24(21,22)23)12-10-9-11-15(5)17(19)20/h13-14,16H,5,9-12H2,1-4,6-8H3,(H,19,20)(H,21,22,23). The fourth-order valence-electron chi connectivity index (χ4n) is 5.03. The summed E-state index contributed by atoms with van der Waals surface area (Å²) in [6, 6.07) is 0. The van der Waals surface area contributed by atoms with E-state index >= 15 is 0 Å². The first-order valence-corrected chi connectivity index (χ1v) is 12.7. The van der Waals surface area contributed by atoms with Gasteiger partial charge in [0.15, 0.2) is 0 Å². The van der Waals surface area contributed by atoms with Gasteiger partial charge >= 0.3 is 5.97 Å². The third-order valence-corrected chi connectivity index (χ3v) is 16.4. The van der Waals surface area contributed by atoms with Crippen molar-refractivity contribution >= 4 is 24.2 Å². The van der Waals surface area contributed by atoms with Gasteiger partial charge in [-0.3, -0.25) is 4.55 Å². The van der Waals surface area contributed by atoms with Crippen LogP contribution in [0.1, 0.15) is 74.1 Å². The highest BCUT2D eigenvalue weighted by Crippen LogP contribution is 2.54. The summed E-state index contributed by atoms with van der Waals surface area (Å²) in [4.78, 5) is 10.1. The minimum absolute atomic E-state index is 0.135. The molecule has 0 rings (SSSR count). The second-order valence-electron chi connectivity index (χ2n) is 8.65. The van der Waals surface area contributed by atoms with E-state index in [1.807, 2.05) is 0 Å². The van der Waals surface area contributed by atoms with Crippen LogP contribution in [0.15, 0.2) is 12.2 Å². The van der Waals surface area contributed by atoms with Crippen LogP contribution in [0.25, 0.3) is 0 Å². The lowest BCUT2D eigenvalue weighted by atomic mass is 10.1. The molecule has 7 heteroatoms. The fraction of sp³-hybridized carbons (Fsp3) is 0.833. The largest absolute Gasteiger partial charge is 0.478 e. The maximum Gasteiger partial charge on any atom is 0.330 e. The molecule has 0 aromatic heterocycles. The van der Waals surface area contributed by atoms with Crippen molar-refractivity contribution in [2.75, 3.05) is 0 Å². The second-order valence-corrected chi connectivity index (χ2v) is 17.0. The molecule has 2 N–H and O–H groups in total. The lowest BCUT2D eigenvalue weighted by molar-refractivity contribution is -0.132. The van der Waals surface area contributed by atoms with Gasteiger partial charge in [-0.15, -0.1) is 0 Å².